The number of carboxylic acids is 1. The van der Waals surface area contributed by atoms with Gasteiger partial charge in [0.05, 0.1) is 5.52 Å². The SMILES string of the molecule is O=C(O)CCc1c2n(c3ccccc13)C(=O)CCC2. The van der Waals surface area contributed by atoms with Crippen LogP contribution in [0.25, 0.3) is 10.9 Å². The van der Waals surface area contributed by atoms with Crippen LogP contribution in [0.5, 0.6) is 0 Å². The lowest BCUT2D eigenvalue weighted by atomic mass is 10.0. The number of benzene rings is 1. The largest absolute Gasteiger partial charge is 0.481 e. The molecule has 0 saturated heterocycles. The van der Waals surface area contributed by atoms with Crippen LogP contribution in [0.4, 0.5) is 0 Å². The monoisotopic (exact) mass is 257 g/mol. The Morgan fingerprint density at radius 3 is 2.84 bits per heavy atom. The van der Waals surface area contributed by atoms with Crippen LogP contribution in [0.15, 0.2) is 24.3 Å². The Kier molecular flexibility index (Phi) is 2.85. The molecule has 0 spiro atoms. The molecular formula is C15H15NO3. The van der Waals surface area contributed by atoms with Gasteiger partial charge in [0, 0.05) is 23.9 Å². The number of nitrogens with zero attached hydrogens (tertiary/aromatic N) is 1. The molecule has 4 nitrogen and oxygen atoms in total. The second-order valence-electron chi connectivity index (χ2n) is 4.92. The number of aliphatic carboxylic acids is 1. The predicted octanol–water partition coefficient (Wildman–Crippen LogP) is 2.64. The lowest BCUT2D eigenvalue weighted by molar-refractivity contribution is -0.136. The summed E-state index contributed by atoms with van der Waals surface area (Å²) >= 11 is 0. The fourth-order valence-corrected chi connectivity index (χ4v) is 2.94. The quantitative estimate of drug-likeness (QED) is 0.919. The minimum Gasteiger partial charge on any atom is -0.481 e. The van der Waals surface area contributed by atoms with E-state index in [0.717, 1.165) is 35.0 Å². The average molecular weight is 257 g/mol. The highest BCUT2D eigenvalue weighted by molar-refractivity contribution is 5.97. The van der Waals surface area contributed by atoms with Gasteiger partial charge in [-0.15, -0.1) is 0 Å². The molecule has 0 aliphatic carbocycles. The zero-order valence-corrected chi connectivity index (χ0v) is 10.6. The Hall–Kier alpha value is -2.10. The Morgan fingerprint density at radius 2 is 2.05 bits per heavy atom. The van der Waals surface area contributed by atoms with Gasteiger partial charge < -0.3 is 5.11 Å². The number of hydrogen-bond donors (Lipinski definition) is 1. The van der Waals surface area contributed by atoms with Crippen molar-refractivity contribution in [2.75, 3.05) is 0 Å². The summed E-state index contributed by atoms with van der Waals surface area (Å²) in [5, 5.41) is 9.89. The first-order valence-corrected chi connectivity index (χ1v) is 6.54. The Labute approximate surface area is 110 Å². The molecule has 1 aromatic heterocycles. The third-order valence-electron chi connectivity index (χ3n) is 3.73. The highest BCUT2D eigenvalue weighted by Crippen LogP contribution is 2.31. The summed E-state index contributed by atoms with van der Waals surface area (Å²) in [6, 6.07) is 7.76. The zero-order chi connectivity index (χ0) is 13.4. The molecule has 0 atom stereocenters. The molecule has 19 heavy (non-hydrogen) atoms. The Morgan fingerprint density at radius 1 is 1.26 bits per heavy atom. The molecule has 0 unspecified atom stereocenters. The molecule has 2 heterocycles. The Balaban J connectivity index is 2.19. The summed E-state index contributed by atoms with van der Waals surface area (Å²) in [5.41, 5.74) is 2.97. The highest BCUT2D eigenvalue weighted by atomic mass is 16.4. The number of para-hydroxylation sites is 1. The van der Waals surface area contributed by atoms with E-state index in [1.807, 2.05) is 24.3 Å². The van der Waals surface area contributed by atoms with Crippen LogP contribution in [-0.4, -0.2) is 21.6 Å². The second kappa shape index (κ2) is 4.53. The lowest BCUT2D eigenvalue weighted by Gasteiger charge is -2.15. The van der Waals surface area contributed by atoms with E-state index in [1.165, 1.54) is 0 Å². The first-order valence-electron chi connectivity index (χ1n) is 6.54. The van der Waals surface area contributed by atoms with Crippen molar-refractivity contribution in [3.63, 3.8) is 0 Å². The van der Waals surface area contributed by atoms with Crippen LogP contribution in [0.1, 0.15) is 35.3 Å². The number of aromatic nitrogens is 1. The van der Waals surface area contributed by atoms with Crippen molar-refractivity contribution in [1.29, 1.82) is 0 Å². The van der Waals surface area contributed by atoms with Gasteiger partial charge in [0.2, 0.25) is 5.91 Å². The molecule has 1 aliphatic rings. The molecule has 1 N–H and O–H groups in total. The van der Waals surface area contributed by atoms with Gasteiger partial charge in [0.1, 0.15) is 0 Å². The summed E-state index contributed by atoms with van der Waals surface area (Å²) in [4.78, 5) is 22.9. The third-order valence-corrected chi connectivity index (χ3v) is 3.73. The summed E-state index contributed by atoms with van der Waals surface area (Å²) in [6.07, 6.45) is 2.88. The summed E-state index contributed by atoms with van der Waals surface area (Å²) in [5.74, 6) is -0.676. The van der Waals surface area contributed by atoms with Crippen molar-refractivity contribution < 1.29 is 14.7 Å². The first-order chi connectivity index (χ1) is 9.18. The summed E-state index contributed by atoms with van der Waals surface area (Å²) in [7, 11) is 0. The molecule has 0 saturated carbocycles. The molecule has 4 heteroatoms. The number of carbonyl (C=O) groups excluding carboxylic acids is 1. The smallest absolute Gasteiger partial charge is 0.303 e. The van der Waals surface area contributed by atoms with Gasteiger partial charge in [-0.2, -0.15) is 0 Å². The zero-order valence-electron chi connectivity index (χ0n) is 10.6. The van der Waals surface area contributed by atoms with E-state index in [-0.39, 0.29) is 12.3 Å². The highest BCUT2D eigenvalue weighted by Gasteiger charge is 2.24. The fourth-order valence-electron chi connectivity index (χ4n) is 2.94. The first kappa shape index (κ1) is 12.0. The molecule has 2 aromatic rings. The van der Waals surface area contributed by atoms with E-state index in [9.17, 15) is 9.59 Å². The summed E-state index contributed by atoms with van der Waals surface area (Å²) < 4.78 is 1.79. The van der Waals surface area contributed by atoms with Gasteiger partial charge in [0.15, 0.2) is 0 Å². The maximum absolute atomic E-state index is 12.1. The maximum Gasteiger partial charge on any atom is 0.303 e. The van der Waals surface area contributed by atoms with Crippen LogP contribution in [-0.2, 0) is 17.6 Å². The van der Waals surface area contributed by atoms with Crippen molar-refractivity contribution >= 4 is 22.8 Å². The summed E-state index contributed by atoms with van der Waals surface area (Å²) in [6.45, 7) is 0. The molecule has 0 bridgehead atoms. The van der Waals surface area contributed by atoms with Gasteiger partial charge in [-0.3, -0.25) is 14.2 Å². The van der Waals surface area contributed by atoms with E-state index in [4.69, 9.17) is 5.11 Å². The van der Waals surface area contributed by atoms with Gasteiger partial charge in [-0.1, -0.05) is 18.2 Å². The number of carbonyl (C=O) groups is 2. The number of rotatable bonds is 3. The molecule has 3 rings (SSSR count). The molecular weight excluding hydrogens is 242 g/mol. The van der Waals surface area contributed by atoms with Crippen LogP contribution >= 0.6 is 0 Å². The molecule has 1 aliphatic heterocycles. The van der Waals surface area contributed by atoms with E-state index < -0.39 is 5.97 Å². The van der Waals surface area contributed by atoms with E-state index in [2.05, 4.69) is 0 Å². The van der Waals surface area contributed by atoms with Crippen LogP contribution in [0.3, 0.4) is 0 Å². The standard InChI is InChI=1S/C15H15NO3/c17-14-7-3-6-13-11(8-9-15(18)19)10-4-1-2-5-12(10)16(13)14/h1-2,4-5H,3,6-9H2,(H,18,19). The number of fused-ring (bicyclic) bond motifs is 3. The van der Waals surface area contributed by atoms with Gasteiger partial charge >= 0.3 is 5.97 Å². The van der Waals surface area contributed by atoms with Crippen molar-refractivity contribution in [2.45, 2.75) is 32.1 Å². The molecule has 98 valence electrons. The molecule has 0 radical (unpaired) electrons. The number of carboxylic acid groups (broad SMARTS) is 1. The second-order valence-corrected chi connectivity index (χ2v) is 4.92. The average Bonchev–Trinajstić information content (AvgIpc) is 2.71. The van der Waals surface area contributed by atoms with E-state index in [0.29, 0.717) is 12.8 Å². The van der Waals surface area contributed by atoms with Crippen LogP contribution < -0.4 is 0 Å². The maximum atomic E-state index is 12.1. The molecule has 1 aromatic carbocycles. The Bertz CT molecular complexity index is 669. The topological polar surface area (TPSA) is 59.3 Å². The predicted molar refractivity (Wildman–Crippen MR) is 71.5 cm³/mol. The van der Waals surface area contributed by atoms with E-state index in [1.54, 1.807) is 4.57 Å². The number of aryl methyl sites for hydroxylation is 1. The normalized spacial score (nSPS) is 14.6. The lowest BCUT2D eigenvalue weighted by Crippen LogP contribution is -2.19. The third kappa shape index (κ3) is 1.93. The van der Waals surface area contributed by atoms with Crippen LogP contribution in [0, 0.1) is 0 Å². The van der Waals surface area contributed by atoms with Crippen molar-refractivity contribution in [1.82, 2.24) is 4.57 Å². The van der Waals surface area contributed by atoms with Gasteiger partial charge in [-0.05, 0) is 30.9 Å². The van der Waals surface area contributed by atoms with Crippen molar-refractivity contribution in [2.24, 2.45) is 0 Å². The molecule has 0 fully saturated rings. The van der Waals surface area contributed by atoms with E-state index >= 15 is 0 Å². The van der Waals surface area contributed by atoms with Crippen molar-refractivity contribution in [3.05, 3.63) is 35.5 Å². The minimum atomic E-state index is -0.800. The van der Waals surface area contributed by atoms with Gasteiger partial charge in [0.25, 0.3) is 0 Å². The number of hydrogen-bond acceptors (Lipinski definition) is 2. The van der Waals surface area contributed by atoms with Crippen molar-refractivity contribution in [3.8, 4) is 0 Å². The van der Waals surface area contributed by atoms with Crippen LogP contribution in [0.2, 0.25) is 0 Å². The minimum absolute atomic E-state index is 0.106. The molecule has 0 amide bonds. The fraction of sp³-hybridized carbons (Fsp3) is 0.333. The van der Waals surface area contributed by atoms with Gasteiger partial charge in [-0.25, -0.2) is 0 Å².